The summed E-state index contributed by atoms with van der Waals surface area (Å²) in [6, 6.07) is 7.90. The first-order chi connectivity index (χ1) is 9.23. The van der Waals surface area contributed by atoms with Gasteiger partial charge < -0.3 is 10.3 Å². The zero-order chi connectivity index (χ0) is 13.3. The third kappa shape index (κ3) is 2.32. The molecule has 0 spiro atoms. The van der Waals surface area contributed by atoms with E-state index < -0.39 is 0 Å². The molecule has 2 N–H and O–H groups in total. The van der Waals surface area contributed by atoms with E-state index in [0.29, 0.717) is 18.3 Å². The fraction of sp³-hybridized carbons (Fsp3) is 0.429. The van der Waals surface area contributed by atoms with Crippen LogP contribution in [0.5, 0.6) is 0 Å². The summed E-state index contributed by atoms with van der Waals surface area (Å²) in [6.45, 7) is 0.577. The van der Waals surface area contributed by atoms with Crippen LogP contribution in [0.2, 0.25) is 0 Å². The van der Waals surface area contributed by atoms with E-state index in [0.717, 1.165) is 22.9 Å². The molecule has 3 rings (SSSR count). The lowest BCUT2D eigenvalue weighted by Crippen LogP contribution is -2.32. The quantitative estimate of drug-likeness (QED) is 0.942. The highest BCUT2D eigenvalue weighted by atomic mass is 79.9. The van der Waals surface area contributed by atoms with Gasteiger partial charge in [0.25, 0.3) is 0 Å². The number of hydrogen-bond acceptors (Lipinski definition) is 4. The highest BCUT2D eigenvalue weighted by Gasteiger charge is 2.39. The van der Waals surface area contributed by atoms with Crippen LogP contribution in [0.4, 0.5) is 0 Å². The third-order valence-corrected chi connectivity index (χ3v) is 4.41. The molecule has 0 bridgehead atoms. The molecule has 1 aliphatic rings. The summed E-state index contributed by atoms with van der Waals surface area (Å²) in [5.74, 6) is 1.33. The van der Waals surface area contributed by atoms with E-state index in [9.17, 15) is 0 Å². The normalized spacial score (nSPS) is 17.8. The van der Waals surface area contributed by atoms with E-state index in [1.165, 1.54) is 12.8 Å². The molecule has 0 aliphatic heterocycles. The first kappa shape index (κ1) is 12.8. The second kappa shape index (κ2) is 5.06. The van der Waals surface area contributed by atoms with Crippen LogP contribution in [0, 0.1) is 0 Å². The highest BCUT2D eigenvalue weighted by molar-refractivity contribution is 9.10. The van der Waals surface area contributed by atoms with Crippen molar-refractivity contribution in [3.8, 4) is 11.4 Å². The Balaban J connectivity index is 1.95. The fourth-order valence-electron chi connectivity index (χ4n) is 2.74. The maximum atomic E-state index is 5.94. The van der Waals surface area contributed by atoms with Crippen LogP contribution in [-0.4, -0.2) is 16.7 Å². The molecule has 0 radical (unpaired) electrons. The molecule has 1 aliphatic carbocycles. The van der Waals surface area contributed by atoms with Crippen LogP contribution in [0.1, 0.15) is 31.6 Å². The Morgan fingerprint density at radius 3 is 2.79 bits per heavy atom. The van der Waals surface area contributed by atoms with E-state index in [-0.39, 0.29) is 5.41 Å². The number of benzene rings is 1. The van der Waals surface area contributed by atoms with E-state index in [1.807, 2.05) is 24.3 Å². The number of rotatable bonds is 3. The van der Waals surface area contributed by atoms with Gasteiger partial charge in [0.1, 0.15) is 0 Å². The number of nitrogens with two attached hydrogens (primary N) is 1. The Morgan fingerprint density at radius 1 is 1.32 bits per heavy atom. The molecule has 0 saturated heterocycles. The molecule has 5 heteroatoms. The van der Waals surface area contributed by atoms with Crippen molar-refractivity contribution in [1.82, 2.24) is 10.1 Å². The number of nitrogens with zero attached hydrogens (tertiary/aromatic N) is 2. The number of halogens is 1. The van der Waals surface area contributed by atoms with E-state index >= 15 is 0 Å². The SMILES string of the molecule is NCC1(c2nc(-c3cccc(Br)c3)no2)CCCC1. The number of aromatic nitrogens is 2. The van der Waals surface area contributed by atoms with Crippen molar-refractivity contribution in [1.29, 1.82) is 0 Å². The molecule has 1 heterocycles. The molecule has 19 heavy (non-hydrogen) atoms. The molecule has 1 saturated carbocycles. The first-order valence-electron chi connectivity index (χ1n) is 6.54. The second-order valence-corrected chi connectivity index (χ2v) is 6.04. The number of hydrogen-bond donors (Lipinski definition) is 1. The summed E-state index contributed by atoms with van der Waals surface area (Å²) in [7, 11) is 0. The van der Waals surface area contributed by atoms with Crippen molar-refractivity contribution < 1.29 is 4.52 Å². The Hall–Kier alpha value is -1.20. The summed E-state index contributed by atoms with van der Waals surface area (Å²) in [6.07, 6.45) is 4.46. The monoisotopic (exact) mass is 321 g/mol. The molecule has 100 valence electrons. The Labute approximate surface area is 120 Å². The summed E-state index contributed by atoms with van der Waals surface area (Å²) < 4.78 is 6.49. The van der Waals surface area contributed by atoms with E-state index in [2.05, 4.69) is 26.1 Å². The molecule has 1 aromatic heterocycles. The van der Waals surface area contributed by atoms with Crippen LogP contribution in [0.25, 0.3) is 11.4 Å². The largest absolute Gasteiger partial charge is 0.338 e. The van der Waals surface area contributed by atoms with Crippen LogP contribution in [-0.2, 0) is 5.41 Å². The zero-order valence-electron chi connectivity index (χ0n) is 10.6. The van der Waals surface area contributed by atoms with E-state index in [1.54, 1.807) is 0 Å². The van der Waals surface area contributed by atoms with Crippen molar-refractivity contribution in [3.05, 3.63) is 34.6 Å². The van der Waals surface area contributed by atoms with Gasteiger partial charge in [-0.25, -0.2) is 0 Å². The lowest BCUT2D eigenvalue weighted by molar-refractivity contribution is 0.284. The van der Waals surface area contributed by atoms with Crippen molar-refractivity contribution in [3.63, 3.8) is 0 Å². The summed E-state index contributed by atoms with van der Waals surface area (Å²) >= 11 is 3.45. The van der Waals surface area contributed by atoms with Crippen LogP contribution >= 0.6 is 15.9 Å². The molecular formula is C14H16BrN3O. The average molecular weight is 322 g/mol. The van der Waals surface area contributed by atoms with Gasteiger partial charge in [0, 0.05) is 16.6 Å². The lowest BCUT2D eigenvalue weighted by atomic mass is 9.86. The molecule has 0 atom stereocenters. The van der Waals surface area contributed by atoms with Crippen LogP contribution in [0.3, 0.4) is 0 Å². The zero-order valence-corrected chi connectivity index (χ0v) is 12.2. The van der Waals surface area contributed by atoms with Gasteiger partial charge in [-0.2, -0.15) is 4.98 Å². The Bertz CT molecular complexity index is 576. The summed E-state index contributed by atoms with van der Waals surface area (Å²) in [4.78, 5) is 4.57. The van der Waals surface area contributed by atoms with Crippen molar-refractivity contribution in [2.45, 2.75) is 31.1 Å². The molecule has 1 aromatic carbocycles. The Kier molecular flexibility index (Phi) is 3.41. The maximum absolute atomic E-state index is 5.94. The van der Waals surface area contributed by atoms with Gasteiger partial charge in [0.05, 0.1) is 5.41 Å². The summed E-state index contributed by atoms with van der Waals surface area (Å²) in [5.41, 5.74) is 6.79. The van der Waals surface area contributed by atoms with Crippen LogP contribution in [0.15, 0.2) is 33.3 Å². The van der Waals surface area contributed by atoms with E-state index in [4.69, 9.17) is 10.3 Å². The minimum absolute atomic E-state index is 0.0999. The lowest BCUT2D eigenvalue weighted by Gasteiger charge is -2.21. The molecule has 0 amide bonds. The van der Waals surface area contributed by atoms with Crippen LogP contribution < -0.4 is 5.73 Å². The van der Waals surface area contributed by atoms with Gasteiger partial charge in [0.15, 0.2) is 0 Å². The predicted molar refractivity (Wildman–Crippen MR) is 76.6 cm³/mol. The van der Waals surface area contributed by atoms with Gasteiger partial charge in [0.2, 0.25) is 11.7 Å². The first-order valence-corrected chi connectivity index (χ1v) is 7.33. The molecule has 2 aromatic rings. The minimum atomic E-state index is -0.0999. The van der Waals surface area contributed by atoms with Crippen molar-refractivity contribution in [2.24, 2.45) is 5.73 Å². The van der Waals surface area contributed by atoms with Gasteiger partial charge in [-0.3, -0.25) is 0 Å². The van der Waals surface area contributed by atoms with Crippen molar-refractivity contribution in [2.75, 3.05) is 6.54 Å². The molecule has 0 unspecified atom stereocenters. The predicted octanol–water partition coefficient (Wildman–Crippen LogP) is 3.27. The van der Waals surface area contributed by atoms with Gasteiger partial charge in [-0.15, -0.1) is 0 Å². The van der Waals surface area contributed by atoms with Gasteiger partial charge in [-0.05, 0) is 25.0 Å². The maximum Gasteiger partial charge on any atom is 0.234 e. The molecule has 4 nitrogen and oxygen atoms in total. The second-order valence-electron chi connectivity index (χ2n) is 5.13. The topological polar surface area (TPSA) is 64.9 Å². The minimum Gasteiger partial charge on any atom is -0.338 e. The highest BCUT2D eigenvalue weighted by Crippen LogP contribution is 2.39. The van der Waals surface area contributed by atoms with Crippen molar-refractivity contribution >= 4 is 15.9 Å². The van der Waals surface area contributed by atoms with Gasteiger partial charge in [-0.1, -0.05) is 46.1 Å². The smallest absolute Gasteiger partial charge is 0.234 e. The fourth-order valence-corrected chi connectivity index (χ4v) is 3.14. The average Bonchev–Trinajstić information content (AvgIpc) is 3.08. The molecular weight excluding hydrogens is 306 g/mol. The summed E-state index contributed by atoms with van der Waals surface area (Å²) in [5, 5.41) is 4.10. The Morgan fingerprint density at radius 2 is 2.11 bits per heavy atom. The third-order valence-electron chi connectivity index (χ3n) is 3.91. The standard InChI is InChI=1S/C14H16BrN3O/c15-11-5-3-4-10(8-11)12-17-13(19-18-12)14(9-16)6-1-2-7-14/h3-5,8H,1-2,6-7,9,16H2. The van der Waals surface area contributed by atoms with Gasteiger partial charge >= 0.3 is 0 Å². The molecule has 1 fully saturated rings.